The summed E-state index contributed by atoms with van der Waals surface area (Å²) in [5.41, 5.74) is 1.89. The predicted octanol–water partition coefficient (Wildman–Crippen LogP) is 5.30. The topological polar surface area (TPSA) is 79.1 Å². The Bertz CT molecular complexity index is 1540. The van der Waals surface area contributed by atoms with E-state index in [2.05, 4.69) is 11.9 Å². The Kier molecular flexibility index (Phi) is 10.0. The maximum absolute atomic E-state index is 13.8. The number of methoxy groups -OCH3 is 1. The molecule has 39 heavy (non-hydrogen) atoms. The highest BCUT2D eigenvalue weighted by Crippen LogP contribution is 2.32. The van der Waals surface area contributed by atoms with Crippen LogP contribution in [-0.4, -0.2) is 37.5 Å². The summed E-state index contributed by atoms with van der Waals surface area (Å²) in [4.78, 5) is 32.1. The van der Waals surface area contributed by atoms with E-state index in [-0.39, 0.29) is 18.8 Å². The molecular formula is C29H30Cl2N2O5S. The molecule has 0 aliphatic carbocycles. The fourth-order valence-corrected chi connectivity index (χ4v) is 5.74. The maximum atomic E-state index is 13.8. The molecule has 1 atom stereocenters. The minimum absolute atomic E-state index is 0.0862. The molecule has 2 heterocycles. The van der Waals surface area contributed by atoms with Crippen LogP contribution in [0.1, 0.15) is 50.3 Å². The highest BCUT2D eigenvalue weighted by Gasteiger charge is 2.33. The van der Waals surface area contributed by atoms with Gasteiger partial charge < -0.3 is 14.2 Å². The molecule has 0 N–H and O–H groups in total. The number of esters is 1. The largest absolute Gasteiger partial charge is 0.494 e. The van der Waals surface area contributed by atoms with E-state index in [9.17, 15) is 9.59 Å². The van der Waals surface area contributed by atoms with E-state index in [4.69, 9.17) is 37.4 Å². The first-order valence-corrected chi connectivity index (χ1v) is 14.3. The first kappa shape index (κ1) is 29.1. The van der Waals surface area contributed by atoms with Gasteiger partial charge in [0.15, 0.2) is 4.80 Å². The van der Waals surface area contributed by atoms with Crippen molar-refractivity contribution in [1.82, 2.24) is 4.57 Å². The number of nitrogens with zero attached hydrogens (tertiary/aromatic N) is 2. The van der Waals surface area contributed by atoms with Gasteiger partial charge in [-0.2, -0.15) is 0 Å². The number of benzene rings is 2. The van der Waals surface area contributed by atoms with Crippen molar-refractivity contribution in [3.8, 4) is 5.75 Å². The van der Waals surface area contributed by atoms with Crippen molar-refractivity contribution in [2.75, 3.05) is 26.9 Å². The second kappa shape index (κ2) is 13.4. The second-order valence-electron chi connectivity index (χ2n) is 9.00. The summed E-state index contributed by atoms with van der Waals surface area (Å²) in [5, 5.41) is 0.932. The van der Waals surface area contributed by atoms with Crippen molar-refractivity contribution in [3.05, 3.63) is 94.6 Å². The zero-order valence-electron chi connectivity index (χ0n) is 22.0. The summed E-state index contributed by atoms with van der Waals surface area (Å²) in [6.07, 6.45) is 4.91. The van der Waals surface area contributed by atoms with Crippen LogP contribution >= 0.6 is 34.5 Å². The van der Waals surface area contributed by atoms with Gasteiger partial charge in [-0.1, -0.05) is 72.5 Å². The smallest absolute Gasteiger partial charge is 0.338 e. The number of unbranched alkanes of at least 4 members (excludes halogenated alkanes) is 2. The Morgan fingerprint density at radius 1 is 1.10 bits per heavy atom. The number of thiazole rings is 1. The first-order chi connectivity index (χ1) is 18.8. The lowest BCUT2D eigenvalue weighted by molar-refractivity contribution is -0.140. The molecule has 10 heteroatoms. The van der Waals surface area contributed by atoms with Crippen molar-refractivity contribution in [2.24, 2.45) is 4.99 Å². The molecule has 0 bridgehead atoms. The third-order valence-electron chi connectivity index (χ3n) is 6.22. The van der Waals surface area contributed by atoms with Gasteiger partial charge in [-0.3, -0.25) is 9.36 Å². The standard InChI is InChI=1S/C29H30Cl2N2O5S/c1-4-5-6-13-37-22-11-8-19(9-12-22)26-25(28(35)38-15-14-36-3)18(2)32-29-33(26)27(34)24(39-29)16-20-7-10-21(30)17-23(20)31/h7-12,16-17,26H,4-6,13-15H2,1-3H3/b24-16-. The quantitative estimate of drug-likeness (QED) is 0.224. The van der Waals surface area contributed by atoms with Crippen molar-refractivity contribution in [2.45, 2.75) is 39.2 Å². The van der Waals surface area contributed by atoms with E-state index in [1.807, 2.05) is 24.3 Å². The van der Waals surface area contributed by atoms with Crippen LogP contribution in [0.15, 0.2) is 63.5 Å². The molecule has 0 saturated heterocycles. The summed E-state index contributed by atoms with van der Waals surface area (Å²) in [6, 6.07) is 11.8. The minimum atomic E-state index is -0.728. The van der Waals surface area contributed by atoms with Crippen LogP contribution in [0.2, 0.25) is 10.0 Å². The van der Waals surface area contributed by atoms with E-state index < -0.39 is 12.0 Å². The second-order valence-corrected chi connectivity index (χ2v) is 10.9. The van der Waals surface area contributed by atoms with Crippen LogP contribution in [0.25, 0.3) is 6.08 Å². The molecule has 206 valence electrons. The highest BCUT2D eigenvalue weighted by molar-refractivity contribution is 7.07. The summed E-state index contributed by atoms with van der Waals surface area (Å²) >= 11 is 13.6. The number of aromatic nitrogens is 1. The average molecular weight is 590 g/mol. The van der Waals surface area contributed by atoms with Crippen LogP contribution in [0.4, 0.5) is 0 Å². The molecule has 0 saturated carbocycles. The molecule has 1 unspecified atom stereocenters. The van der Waals surface area contributed by atoms with Gasteiger partial charge in [-0.15, -0.1) is 0 Å². The Morgan fingerprint density at radius 3 is 2.56 bits per heavy atom. The number of fused-ring (bicyclic) bond motifs is 1. The third-order valence-corrected chi connectivity index (χ3v) is 7.77. The van der Waals surface area contributed by atoms with Crippen LogP contribution in [0.5, 0.6) is 5.75 Å². The third kappa shape index (κ3) is 6.81. The fourth-order valence-electron chi connectivity index (χ4n) is 4.24. The van der Waals surface area contributed by atoms with E-state index in [1.54, 1.807) is 31.2 Å². The molecule has 0 radical (unpaired) electrons. The number of rotatable bonds is 11. The van der Waals surface area contributed by atoms with Crippen molar-refractivity contribution < 1.29 is 19.0 Å². The Morgan fingerprint density at radius 2 is 1.87 bits per heavy atom. The summed E-state index contributed by atoms with van der Waals surface area (Å²) in [7, 11) is 1.53. The summed E-state index contributed by atoms with van der Waals surface area (Å²) < 4.78 is 18.3. The fraction of sp³-hybridized carbons (Fsp3) is 0.345. The lowest BCUT2D eigenvalue weighted by atomic mass is 9.96. The lowest BCUT2D eigenvalue weighted by Gasteiger charge is -2.25. The zero-order chi connectivity index (χ0) is 27.9. The molecular weight excluding hydrogens is 559 g/mol. The van der Waals surface area contributed by atoms with Crippen LogP contribution in [-0.2, 0) is 14.3 Å². The molecule has 7 nitrogen and oxygen atoms in total. The summed E-state index contributed by atoms with van der Waals surface area (Å²) in [5.74, 6) is 0.179. The molecule has 1 aliphatic heterocycles. The number of allylic oxidation sites excluding steroid dienone is 1. The monoisotopic (exact) mass is 588 g/mol. The SMILES string of the molecule is CCCCCOc1ccc(C2C(C(=O)OCCOC)=C(C)N=c3s/c(=C\c4ccc(Cl)cc4Cl)c(=O)n32)cc1. The van der Waals surface area contributed by atoms with E-state index in [0.29, 0.717) is 42.8 Å². The normalized spacial score (nSPS) is 15.2. The molecule has 1 aromatic heterocycles. The molecule has 3 aromatic rings. The van der Waals surface area contributed by atoms with Crippen LogP contribution < -0.4 is 19.6 Å². The number of carbonyl (C=O) groups excluding carboxylic acids is 1. The highest BCUT2D eigenvalue weighted by atomic mass is 35.5. The molecule has 0 fully saturated rings. The summed E-state index contributed by atoms with van der Waals surface area (Å²) in [6.45, 7) is 4.87. The Balaban J connectivity index is 1.78. The van der Waals surface area contributed by atoms with E-state index in [0.717, 1.165) is 30.6 Å². The molecule has 4 rings (SSSR count). The molecule has 1 aliphatic rings. The number of carbonyl (C=O) groups is 1. The molecule has 2 aromatic carbocycles. The van der Waals surface area contributed by atoms with Gasteiger partial charge in [-0.25, -0.2) is 9.79 Å². The minimum Gasteiger partial charge on any atom is -0.494 e. The van der Waals surface area contributed by atoms with Crippen LogP contribution in [0, 0.1) is 0 Å². The number of hydrogen-bond acceptors (Lipinski definition) is 7. The predicted molar refractivity (Wildman–Crippen MR) is 155 cm³/mol. The molecule has 0 spiro atoms. The zero-order valence-corrected chi connectivity index (χ0v) is 24.4. The van der Waals surface area contributed by atoms with E-state index in [1.165, 1.54) is 23.0 Å². The van der Waals surface area contributed by atoms with Gasteiger partial charge >= 0.3 is 5.97 Å². The Labute approximate surface area is 241 Å². The lowest BCUT2D eigenvalue weighted by Crippen LogP contribution is -2.40. The number of hydrogen-bond donors (Lipinski definition) is 0. The van der Waals surface area contributed by atoms with Gasteiger partial charge in [0.25, 0.3) is 5.56 Å². The van der Waals surface area contributed by atoms with Crippen molar-refractivity contribution in [3.63, 3.8) is 0 Å². The van der Waals surface area contributed by atoms with Crippen molar-refractivity contribution in [1.29, 1.82) is 0 Å². The maximum Gasteiger partial charge on any atom is 0.338 e. The average Bonchev–Trinajstić information content (AvgIpc) is 3.22. The van der Waals surface area contributed by atoms with Crippen LogP contribution in [0.3, 0.4) is 0 Å². The van der Waals surface area contributed by atoms with Gasteiger partial charge in [0.2, 0.25) is 0 Å². The molecule has 0 amide bonds. The first-order valence-electron chi connectivity index (χ1n) is 12.7. The Hall–Kier alpha value is -2.91. The number of ether oxygens (including phenoxy) is 3. The van der Waals surface area contributed by atoms with Gasteiger partial charge in [0, 0.05) is 17.2 Å². The van der Waals surface area contributed by atoms with Gasteiger partial charge in [0.05, 0.1) is 35.1 Å². The van der Waals surface area contributed by atoms with Crippen molar-refractivity contribution >= 4 is 46.6 Å². The number of halogens is 2. The van der Waals surface area contributed by atoms with Gasteiger partial charge in [-0.05, 0) is 54.8 Å². The van der Waals surface area contributed by atoms with Gasteiger partial charge in [0.1, 0.15) is 12.4 Å². The van der Waals surface area contributed by atoms with E-state index >= 15 is 0 Å².